The molecule has 3 rings (SSSR count). The van der Waals surface area contributed by atoms with Gasteiger partial charge in [-0.2, -0.15) is 0 Å². The van der Waals surface area contributed by atoms with Gasteiger partial charge >= 0.3 is 0 Å². The van der Waals surface area contributed by atoms with Crippen LogP contribution >= 0.6 is 11.8 Å². The molecule has 0 bridgehead atoms. The first kappa shape index (κ1) is 12.1. The molecule has 0 saturated carbocycles. The number of hydrogen-bond acceptors (Lipinski definition) is 6. The van der Waals surface area contributed by atoms with Crippen LogP contribution in [0, 0.1) is 0 Å². The Morgan fingerprint density at radius 2 is 1.95 bits per heavy atom. The van der Waals surface area contributed by atoms with E-state index in [4.69, 9.17) is 15.2 Å². The minimum Gasteiger partial charge on any atom is -0.486 e. The van der Waals surface area contributed by atoms with Gasteiger partial charge in [0.05, 0.1) is 6.20 Å². The highest BCUT2D eigenvalue weighted by molar-refractivity contribution is 7.98. The van der Waals surface area contributed by atoms with Crippen LogP contribution in [0.3, 0.4) is 0 Å². The first-order chi connectivity index (χ1) is 9.33. The molecular weight excluding hydrogens is 262 g/mol. The van der Waals surface area contributed by atoms with Crippen molar-refractivity contribution in [2.24, 2.45) is 0 Å². The lowest BCUT2D eigenvalue weighted by Crippen LogP contribution is -2.15. The molecule has 1 aromatic heterocycles. The highest BCUT2D eigenvalue weighted by atomic mass is 32.2. The monoisotopic (exact) mass is 275 g/mol. The molecule has 0 spiro atoms. The maximum Gasteiger partial charge on any atom is 0.163 e. The number of aromatic nitrogens is 2. The van der Waals surface area contributed by atoms with E-state index in [0.717, 1.165) is 27.8 Å². The van der Waals surface area contributed by atoms with Gasteiger partial charge in [-0.15, -0.1) is 11.8 Å². The average Bonchev–Trinajstić information content (AvgIpc) is 2.46. The number of rotatable bonds is 3. The van der Waals surface area contributed by atoms with Gasteiger partial charge in [-0.3, -0.25) is 4.98 Å². The SMILES string of the molecule is Nc1cc2c(cc1CSc1cnccn1)OCCO2. The van der Waals surface area contributed by atoms with Crippen molar-refractivity contribution in [3.8, 4) is 11.5 Å². The maximum atomic E-state index is 6.02. The number of fused-ring (bicyclic) bond motifs is 1. The molecule has 0 unspecified atom stereocenters. The number of nitrogens with zero attached hydrogens (tertiary/aromatic N) is 2. The molecule has 0 fully saturated rings. The molecule has 1 aromatic carbocycles. The Morgan fingerprint density at radius 3 is 2.68 bits per heavy atom. The van der Waals surface area contributed by atoms with Crippen molar-refractivity contribution >= 4 is 17.4 Å². The summed E-state index contributed by atoms with van der Waals surface area (Å²) in [6.45, 7) is 1.15. The van der Waals surface area contributed by atoms with Crippen LogP contribution in [0.1, 0.15) is 5.56 Å². The van der Waals surface area contributed by atoms with E-state index >= 15 is 0 Å². The van der Waals surface area contributed by atoms with Crippen molar-refractivity contribution in [1.29, 1.82) is 0 Å². The lowest BCUT2D eigenvalue weighted by molar-refractivity contribution is 0.171. The van der Waals surface area contributed by atoms with Crippen LogP contribution in [-0.2, 0) is 5.75 Å². The number of hydrogen-bond donors (Lipinski definition) is 1. The molecule has 2 aromatic rings. The van der Waals surface area contributed by atoms with Crippen molar-refractivity contribution in [3.63, 3.8) is 0 Å². The fraction of sp³-hybridized carbons (Fsp3) is 0.231. The summed E-state index contributed by atoms with van der Waals surface area (Å²) >= 11 is 1.59. The summed E-state index contributed by atoms with van der Waals surface area (Å²) in [5, 5.41) is 0.872. The van der Waals surface area contributed by atoms with E-state index in [1.54, 1.807) is 30.4 Å². The topological polar surface area (TPSA) is 70.3 Å². The first-order valence-corrected chi connectivity index (χ1v) is 6.88. The smallest absolute Gasteiger partial charge is 0.163 e. The summed E-state index contributed by atoms with van der Waals surface area (Å²) in [6, 6.07) is 3.76. The minimum absolute atomic E-state index is 0.570. The molecule has 19 heavy (non-hydrogen) atoms. The van der Waals surface area contributed by atoms with Gasteiger partial charge in [0.15, 0.2) is 11.5 Å². The lowest BCUT2D eigenvalue weighted by Gasteiger charge is -2.20. The van der Waals surface area contributed by atoms with Crippen LogP contribution in [0.5, 0.6) is 11.5 Å². The zero-order valence-electron chi connectivity index (χ0n) is 10.2. The van der Waals surface area contributed by atoms with E-state index in [2.05, 4.69) is 9.97 Å². The van der Waals surface area contributed by atoms with Crippen LogP contribution in [-0.4, -0.2) is 23.2 Å². The summed E-state index contributed by atoms with van der Waals surface area (Å²) in [5.41, 5.74) is 7.75. The van der Waals surface area contributed by atoms with E-state index < -0.39 is 0 Å². The van der Waals surface area contributed by atoms with E-state index in [1.807, 2.05) is 12.1 Å². The standard InChI is InChI=1S/C13H13N3O2S/c14-10-6-12-11(17-3-4-18-12)5-9(10)8-19-13-7-15-1-2-16-13/h1-2,5-7H,3-4,8,14H2. The van der Waals surface area contributed by atoms with E-state index in [1.165, 1.54) is 0 Å². The van der Waals surface area contributed by atoms with Crippen LogP contribution in [0.25, 0.3) is 0 Å². The van der Waals surface area contributed by atoms with E-state index in [9.17, 15) is 0 Å². The molecule has 0 atom stereocenters. The molecule has 98 valence electrons. The highest BCUT2D eigenvalue weighted by Gasteiger charge is 2.14. The predicted octanol–water partition coefficient (Wildman–Crippen LogP) is 2.12. The summed E-state index contributed by atoms with van der Waals surface area (Å²) in [6.07, 6.45) is 5.07. The average molecular weight is 275 g/mol. The Labute approximate surface area is 115 Å². The number of benzene rings is 1. The number of nitrogen functional groups attached to an aromatic ring is 1. The van der Waals surface area contributed by atoms with E-state index in [-0.39, 0.29) is 0 Å². The Kier molecular flexibility index (Phi) is 3.41. The zero-order chi connectivity index (χ0) is 13.1. The first-order valence-electron chi connectivity index (χ1n) is 5.90. The fourth-order valence-electron chi connectivity index (χ4n) is 1.78. The van der Waals surface area contributed by atoms with Gasteiger partial charge in [0.2, 0.25) is 0 Å². The van der Waals surface area contributed by atoms with Gasteiger partial charge in [0.1, 0.15) is 18.2 Å². The molecule has 0 radical (unpaired) electrons. The van der Waals surface area contributed by atoms with Crippen molar-refractivity contribution in [2.45, 2.75) is 10.8 Å². The second kappa shape index (κ2) is 5.36. The minimum atomic E-state index is 0.570. The molecule has 5 nitrogen and oxygen atoms in total. The molecule has 0 saturated heterocycles. The molecule has 1 aliphatic heterocycles. The van der Waals surface area contributed by atoms with Gasteiger partial charge in [-0.1, -0.05) is 0 Å². The molecule has 1 aliphatic rings. The van der Waals surface area contributed by atoms with Gasteiger partial charge < -0.3 is 15.2 Å². The largest absolute Gasteiger partial charge is 0.486 e. The number of nitrogens with two attached hydrogens (primary N) is 1. The van der Waals surface area contributed by atoms with Crippen molar-refractivity contribution < 1.29 is 9.47 Å². The van der Waals surface area contributed by atoms with Gasteiger partial charge in [-0.05, 0) is 11.6 Å². The zero-order valence-corrected chi connectivity index (χ0v) is 11.0. The Hall–Kier alpha value is -1.95. The molecular formula is C13H13N3O2S. The summed E-state index contributed by atoms with van der Waals surface area (Å²) < 4.78 is 11.0. The lowest BCUT2D eigenvalue weighted by atomic mass is 10.2. The maximum absolute atomic E-state index is 6.02. The number of anilines is 1. The van der Waals surface area contributed by atoms with E-state index in [0.29, 0.717) is 18.9 Å². The quantitative estimate of drug-likeness (QED) is 0.683. The van der Waals surface area contributed by atoms with Crippen LogP contribution in [0.15, 0.2) is 35.7 Å². The van der Waals surface area contributed by atoms with Crippen LogP contribution < -0.4 is 15.2 Å². The predicted molar refractivity (Wildman–Crippen MR) is 73.4 cm³/mol. The Balaban J connectivity index is 1.77. The van der Waals surface area contributed by atoms with Crippen LogP contribution in [0.4, 0.5) is 5.69 Å². The second-order valence-corrected chi connectivity index (χ2v) is 5.02. The summed E-state index contributed by atoms with van der Waals surface area (Å²) in [4.78, 5) is 8.25. The fourth-order valence-corrected chi connectivity index (χ4v) is 2.61. The van der Waals surface area contributed by atoms with Gasteiger partial charge in [0.25, 0.3) is 0 Å². The molecule has 2 N–H and O–H groups in total. The van der Waals surface area contributed by atoms with Crippen LogP contribution in [0.2, 0.25) is 0 Å². The third kappa shape index (κ3) is 2.73. The third-order valence-electron chi connectivity index (χ3n) is 2.72. The van der Waals surface area contributed by atoms with Crippen molar-refractivity contribution in [3.05, 3.63) is 36.3 Å². The molecule has 6 heteroatoms. The van der Waals surface area contributed by atoms with Crippen molar-refractivity contribution in [1.82, 2.24) is 9.97 Å². The third-order valence-corrected chi connectivity index (χ3v) is 3.68. The number of ether oxygens (including phenoxy) is 2. The summed E-state index contributed by atoms with van der Waals surface area (Å²) in [5.74, 6) is 2.20. The summed E-state index contributed by atoms with van der Waals surface area (Å²) in [7, 11) is 0. The number of thioether (sulfide) groups is 1. The molecule has 0 amide bonds. The molecule has 2 heterocycles. The van der Waals surface area contributed by atoms with Crippen molar-refractivity contribution in [2.75, 3.05) is 18.9 Å². The van der Waals surface area contributed by atoms with Gasteiger partial charge in [0, 0.05) is 29.9 Å². The normalized spacial score (nSPS) is 13.3. The molecule has 0 aliphatic carbocycles. The highest BCUT2D eigenvalue weighted by Crippen LogP contribution is 2.36. The van der Waals surface area contributed by atoms with Gasteiger partial charge in [-0.25, -0.2) is 4.98 Å². The second-order valence-electron chi connectivity index (χ2n) is 4.03. The Bertz CT molecular complexity index is 578. The Morgan fingerprint density at radius 1 is 1.16 bits per heavy atom.